The highest BCUT2D eigenvalue weighted by atomic mass is 16.3. The number of aryl methyl sites for hydroxylation is 1. The summed E-state index contributed by atoms with van der Waals surface area (Å²) in [6.07, 6.45) is 8.39. The van der Waals surface area contributed by atoms with Crippen molar-refractivity contribution in [3.63, 3.8) is 0 Å². The van der Waals surface area contributed by atoms with Crippen LogP contribution >= 0.6 is 0 Å². The first-order valence-electron chi connectivity index (χ1n) is 7.53. The number of rotatable bonds is 3. The number of anilines is 1. The number of nitrogens with zero attached hydrogens (tertiary/aromatic N) is 2. The molecule has 1 aromatic carbocycles. The van der Waals surface area contributed by atoms with Crippen molar-refractivity contribution in [2.24, 2.45) is 0 Å². The molecule has 0 unspecified atom stereocenters. The molecule has 1 N–H and O–H groups in total. The van der Waals surface area contributed by atoms with Crippen molar-refractivity contribution < 1.29 is 9.21 Å². The molecular formula is C17H19N3O2. The second kappa shape index (κ2) is 6.20. The quantitative estimate of drug-likeness (QED) is 0.885. The van der Waals surface area contributed by atoms with Crippen LogP contribution in [-0.2, 0) is 4.79 Å². The number of amides is 1. The number of terminal acetylenes is 1. The summed E-state index contributed by atoms with van der Waals surface area (Å²) in [6.45, 7) is 3.20. The van der Waals surface area contributed by atoms with Gasteiger partial charge < -0.3 is 9.73 Å². The van der Waals surface area contributed by atoms with Crippen LogP contribution in [0.25, 0.3) is 11.1 Å². The number of hydrogen-bond donors (Lipinski definition) is 1. The zero-order chi connectivity index (χ0) is 15.5. The van der Waals surface area contributed by atoms with Gasteiger partial charge in [-0.25, -0.2) is 4.98 Å². The van der Waals surface area contributed by atoms with Crippen LogP contribution in [0.2, 0.25) is 0 Å². The Morgan fingerprint density at radius 2 is 2.41 bits per heavy atom. The molecule has 2 aromatic rings. The summed E-state index contributed by atoms with van der Waals surface area (Å²) in [4.78, 5) is 18.9. The lowest BCUT2D eigenvalue weighted by Gasteiger charge is -2.33. The second-order valence-corrected chi connectivity index (χ2v) is 5.59. The van der Waals surface area contributed by atoms with Crippen LogP contribution in [-0.4, -0.2) is 34.9 Å². The molecule has 1 saturated heterocycles. The number of hydrogen-bond acceptors (Lipinski definition) is 4. The largest absolute Gasteiger partial charge is 0.441 e. The number of benzene rings is 1. The maximum atomic E-state index is 12.5. The Hall–Kier alpha value is -2.32. The van der Waals surface area contributed by atoms with E-state index < -0.39 is 0 Å². The lowest BCUT2D eigenvalue weighted by molar-refractivity contribution is -0.122. The van der Waals surface area contributed by atoms with Gasteiger partial charge in [0.05, 0.1) is 12.6 Å². The molecule has 1 atom stereocenters. The van der Waals surface area contributed by atoms with Gasteiger partial charge in [-0.3, -0.25) is 9.69 Å². The molecule has 5 heteroatoms. The van der Waals surface area contributed by atoms with Crippen LogP contribution in [0.3, 0.4) is 0 Å². The maximum absolute atomic E-state index is 12.5. The second-order valence-electron chi connectivity index (χ2n) is 5.59. The van der Waals surface area contributed by atoms with Gasteiger partial charge in [-0.2, -0.15) is 0 Å². The molecule has 1 aliphatic rings. The van der Waals surface area contributed by atoms with Crippen LogP contribution in [0.5, 0.6) is 0 Å². The number of fused-ring (bicyclic) bond motifs is 1. The topological polar surface area (TPSA) is 58.4 Å². The van der Waals surface area contributed by atoms with Gasteiger partial charge >= 0.3 is 0 Å². The Morgan fingerprint density at radius 3 is 3.23 bits per heavy atom. The minimum absolute atomic E-state index is 0.00508. The normalized spacial score (nSPS) is 19.0. The van der Waals surface area contributed by atoms with Gasteiger partial charge in [0.2, 0.25) is 5.91 Å². The van der Waals surface area contributed by atoms with Gasteiger partial charge in [0, 0.05) is 12.6 Å². The molecule has 22 heavy (non-hydrogen) atoms. The summed E-state index contributed by atoms with van der Waals surface area (Å²) >= 11 is 0. The summed E-state index contributed by atoms with van der Waals surface area (Å²) in [5, 5.41) is 2.97. The van der Waals surface area contributed by atoms with Crippen molar-refractivity contribution in [3.8, 4) is 12.3 Å². The lowest BCUT2D eigenvalue weighted by Crippen LogP contribution is -2.47. The van der Waals surface area contributed by atoms with Gasteiger partial charge in [-0.05, 0) is 37.6 Å². The number of carbonyl (C=O) groups is 1. The van der Waals surface area contributed by atoms with Gasteiger partial charge in [-0.1, -0.05) is 12.3 Å². The van der Waals surface area contributed by atoms with E-state index in [2.05, 4.69) is 21.1 Å². The Morgan fingerprint density at radius 1 is 1.55 bits per heavy atom. The van der Waals surface area contributed by atoms with E-state index in [0.29, 0.717) is 12.4 Å². The van der Waals surface area contributed by atoms with Crippen LogP contribution in [0, 0.1) is 19.3 Å². The molecule has 1 fully saturated rings. The van der Waals surface area contributed by atoms with Gasteiger partial charge in [-0.15, -0.1) is 6.42 Å². The number of oxazole rings is 1. The third-order valence-electron chi connectivity index (χ3n) is 3.97. The first-order valence-corrected chi connectivity index (χ1v) is 7.53. The molecule has 0 aliphatic carbocycles. The average Bonchev–Trinajstić information content (AvgIpc) is 2.87. The monoisotopic (exact) mass is 297 g/mol. The highest BCUT2D eigenvalue weighted by molar-refractivity contribution is 5.96. The van der Waals surface area contributed by atoms with E-state index >= 15 is 0 Å². The molecule has 0 bridgehead atoms. The first-order chi connectivity index (χ1) is 10.7. The number of carbonyl (C=O) groups excluding carboxylic acids is 1. The predicted molar refractivity (Wildman–Crippen MR) is 85.4 cm³/mol. The molecule has 0 radical (unpaired) electrons. The fourth-order valence-electron chi connectivity index (χ4n) is 2.94. The standard InChI is InChI=1S/C17H19N3O2/c1-3-9-20-10-5-4-6-15(20)17(21)19-13-7-8-16-14(11-13)18-12(2)22-16/h1,7-8,11,15H,4-6,9-10H2,2H3,(H,19,21)/t15-/m1/s1. The SMILES string of the molecule is C#CCN1CCCC[C@@H]1C(=O)Nc1ccc2oc(C)nc2c1. The minimum atomic E-state index is -0.153. The van der Waals surface area contributed by atoms with Gasteiger partial charge in [0.1, 0.15) is 5.52 Å². The van der Waals surface area contributed by atoms with Crippen LogP contribution in [0.15, 0.2) is 22.6 Å². The van der Waals surface area contributed by atoms with Crippen LogP contribution < -0.4 is 5.32 Å². The molecule has 1 amide bonds. The number of piperidine rings is 1. The fraction of sp³-hybridized carbons (Fsp3) is 0.412. The van der Waals surface area contributed by atoms with Crippen molar-refractivity contribution in [1.29, 1.82) is 0 Å². The highest BCUT2D eigenvalue weighted by Crippen LogP contribution is 2.22. The molecular weight excluding hydrogens is 278 g/mol. The number of aromatic nitrogens is 1. The Labute approximate surface area is 129 Å². The minimum Gasteiger partial charge on any atom is -0.441 e. The van der Waals surface area contributed by atoms with E-state index in [1.54, 1.807) is 6.92 Å². The maximum Gasteiger partial charge on any atom is 0.241 e. The van der Waals surface area contributed by atoms with Crippen LogP contribution in [0.1, 0.15) is 25.2 Å². The fourth-order valence-corrected chi connectivity index (χ4v) is 2.94. The van der Waals surface area contributed by atoms with E-state index in [4.69, 9.17) is 10.8 Å². The summed E-state index contributed by atoms with van der Waals surface area (Å²) in [5.74, 6) is 3.25. The van der Waals surface area contributed by atoms with Crippen molar-refractivity contribution in [2.75, 3.05) is 18.4 Å². The smallest absolute Gasteiger partial charge is 0.241 e. The first kappa shape index (κ1) is 14.6. The average molecular weight is 297 g/mol. The Bertz CT molecular complexity index is 729. The molecule has 1 aromatic heterocycles. The van der Waals surface area contributed by atoms with E-state index in [1.807, 2.05) is 18.2 Å². The molecule has 0 saturated carbocycles. The van der Waals surface area contributed by atoms with E-state index in [-0.39, 0.29) is 11.9 Å². The Balaban J connectivity index is 1.75. The predicted octanol–water partition coefficient (Wildman–Crippen LogP) is 2.56. The van der Waals surface area contributed by atoms with Crippen molar-refractivity contribution in [3.05, 3.63) is 24.1 Å². The zero-order valence-electron chi connectivity index (χ0n) is 12.6. The summed E-state index contributed by atoms with van der Waals surface area (Å²) in [5.41, 5.74) is 2.21. The molecule has 2 heterocycles. The van der Waals surface area contributed by atoms with E-state index in [9.17, 15) is 4.79 Å². The summed E-state index contributed by atoms with van der Waals surface area (Å²) < 4.78 is 5.44. The van der Waals surface area contributed by atoms with Gasteiger partial charge in [0.25, 0.3) is 0 Å². The highest BCUT2D eigenvalue weighted by Gasteiger charge is 2.28. The Kier molecular flexibility index (Phi) is 4.12. The lowest BCUT2D eigenvalue weighted by atomic mass is 10.0. The number of likely N-dealkylation sites (tertiary alicyclic amines) is 1. The molecule has 0 spiro atoms. The third-order valence-corrected chi connectivity index (χ3v) is 3.97. The van der Waals surface area contributed by atoms with Crippen molar-refractivity contribution >= 4 is 22.7 Å². The third kappa shape index (κ3) is 2.97. The van der Waals surface area contributed by atoms with Gasteiger partial charge in [0.15, 0.2) is 11.5 Å². The molecule has 114 valence electrons. The van der Waals surface area contributed by atoms with Crippen LogP contribution in [0.4, 0.5) is 5.69 Å². The molecule has 3 rings (SSSR count). The number of nitrogens with one attached hydrogen (secondary N) is 1. The van der Waals surface area contributed by atoms with Crippen molar-refractivity contribution in [1.82, 2.24) is 9.88 Å². The molecule has 1 aliphatic heterocycles. The molecule has 5 nitrogen and oxygen atoms in total. The van der Waals surface area contributed by atoms with E-state index in [0.717, 1.165) is 42.6 Å². The van der Waals surface area contributed by atoms with E-state index in [1.165, 1.54) is 0 Å². The summed E-state index contributed by atoms with van der Waals surface area (Å²) in [6, 6.07) is 5.34. The van der Waals surface area contributed by atoms with Crippen molar-refractivity contribution in [2.45, 2.75) is 32.2 Å². The zero-order valence-corrected chi connectivity index (χ0v) is 12.6. The summed E-state index contributed by atoms with van der Waals surface area (Å²) in [7, 11) is 0.